The fourth-order valence-electron chi connectivity index (χ4n) is 1.71. The molecule has 0 aliphatic heterocycles. The average molecular weight is 416 g/mol. The van der Waals surface area contributed by atoms with Crippen molar-refractivity contribution < 1.29 is 4.79 Å². The lowest BCUT2D eigenvalue weighted by molar-refractivity contribution is 0.102. The molecule has 4 nitrogen and oxygen atoms in total. The van der Waals surface area contributed by atoms with Gasteiger partial charge >= 0.3 is 0 Å². The average Bonchev–Trinajstić information content (AvgIpc) is 2.47. The van der Waals surface area contributed by atoms with Gasteiger partial charge in [-0.15, -0.1) is 0 Å². The maximum Gasteiger partial charge on any atom is 0.255 e. The van der Waals surface area contributed by atoms with Crippen molar-refractivity contribution in [1.82, 2.24) is 4.98 Å². The lowest BCUT2D eigenvalue weighted by Crippen LogP contribution is -2.13. The summed E-state index contributed by atoms with van der Waals surface area (Å²) in [6, 6.07) is 10.8. The molecule has 0 unspecified atom stereocenters. The highest BCUT2D eigenvalue weighted by atomic mass is 127. The molecule has 0 spiro atoms. The first-order valence-corrected chi connectivity index (χ1v) is 8.02. The number of nitrogens with zero attached hydrogens (tertiary/aromatic N) is 1. The predicted molar refractivity (Wildman–Crippen MR) is 95.1 cm³/mol. The van der Waals surface area contributed by atoms with Crippen LogP contribution in [-0.2, 0) is 0 Å². The van der Waals surface area contributed by atoms with Crippen LogP contribution in [0.25, 0.3) is 0 Å². The molecular formula is C15H15ClIN3O. The zero-order chi connectivity index (χ0) is 15.2. The molecule has 0 radical (unpaired) electrons. The van der Waals surface area contributed by atoms with Crippen molar-refractivity contribution in [3.05, 3.63) is 50.7 Å². The second-order valence-electron chi connectivity index (χ2n) is 4.45. The molecule has 0 bridgehead atoms. The number of hydrogen-bond acceptors (Lipinski definition) is 3. The summed E-state index contributed by atoms with van der Waals surface area (Å²) in [5.41, 5.74) is 1.23. The Morgan fingerprint density at radius 2 is 2.00 bits per heavy atom. The van der Waals surface area contributed by atoms with Crippen molar-refractivity contribution in [2.75, 3.05) is 17.2 Å². The molecule has 110 valence electrons. The number of pyridine rings is 1. The SMILES string of the molecule is CCCNc1cc(C(=O)Nc2ccc(I)cc2)cc(Cl)n1. The van der Waals surface area contributed by atoms with Gasteiger partial charge in [-0.05, 0) is 65.4 Å². The summed E-state index contributed by atoms with van der Waals surface area (Å²) in [7, 11) is 0. The smallest absolute Gasteiger partial charge is 0.255 e. The molecule has 2 rings (SSSR count). The third-order valence-corrected chi connectivity index (χ3v) is 3.63. The Balaban J connectivity index is 2.14. The highest BCUT2D eigenvalue weighted by molar-refractivity contribution is 14.1. The molecule has 0 atom stereocenters. The number of rotatable bonds is 5. The maximum atomic E-state index is 12.3. The summed E-state index contributed by atoms with van der Waals surface area (Å²) in [6.45, 7) is 2.84. The fraction of sp³-hybridized carbons (Fsp3) is 0.200. The monoisotopic (exact) mass is 415 g/mol. The third kappa shape index (κ3) is 4.86. The molecule has 2 aromatic rings. The van der Waals surface area contributed by atoms with E-state index in [4.69, 9.17) is 11.6 Å². The summed E-state index contributed by atoms with van der Waals surface area (Å²) in [6.07, 6.45) is 0.971. The van der Waals surface area contributed by atoms with Gasteiger partial charge in [0, 0.05) is 21.4 Å². The normalized spacial score (nSPS) is 10.2. The zero-order valence-electron chi connectivity index (χ0n) is 11.5. The van der Waals surface area contributed by atoms with E-state index in [-0.39, 0.29) is 5.91 Å². The molecule has 21 heavy (non-hydrogen) atoms. The highest BCUT2D eigenvalue weighted by Crippen LogP contribution is 2.17. The van der Waals surface area contributed by atoms with Crippen molar-refractivity contribution in [1.29, 1.82) is 0 Å². The lowest BCUT2D eigenvalue weighted by Gasteiger charge is -2.09. The molecule has 1 heterocycles. The number of hydrogen-bond donors (Lipinski definition) is 2. The molecule has 0 aliphatic rings. The molecular weight excluding hydrogens is 401 g/mol. The van der Waals surface area contributed by atoms with Crippen molar-refractivity contribution in [3.63, 3.8) is 0 Å². The van der Waals surface area contributed by atoms with Gasteiger partial charge < -0.3 is 10.6 Å². The first-order valence-electron chi connectivity index (χ1n) is 6.57. The largest absolute Gasteiger partial charge is 0.370 e. The van der Waals surface area contributed by atoms with Crippen LogP contribution in [0, 0.1) is 3.57 Å². The molecule has 1 amide bonds. The fourth-order valence-corrected chi connectivity index (χ4v) is 2.28. The quantitative estimate of drug-likeness (QED) is 0.562. The maximum absolute atomic E-state index is 12.3. The van der Waals surface area contributed by atoms with Gasteiger partial charge in [0.15, 0.2) is 0 Å². The summed E-state index contributed by atoms with van der Waals surface area (Å²) in [5, 5.41) is 6.26. The number of amides is 1. The molecule has 6 heteroatoms. The van der Waals surface area contributed by atoms with Crippen LogP contribution in [0.4, 0.5) is 11.5 Å². The highest BCUT2D eigenvalue weighted by Gasteiger charge is 2.09. The molecule has 0 aliphatic carbocycles. The Morgan fingerprint density at radius 1 is 1.29 bits per heavy atom. The van der Waals surface area contributed by atoms with Crippen molar-refractivity contribution in [2.45, 2.75) is 13.3 Å². The van der Waals surface area contributed by atoms with E-state index in [9.17, 15) is 4.79 Å². The van der Waals surface area contributed by atoms with Crippen LogP contribution >= 0.6 is 34.2 Å². The Labute approximate surface area is 142 Å². The Kier molecular flexibility index (Phi) is 5.81. The molecule has 1 aromatic heterocycles. The number of aromatic nitrogens is 1. The van der Waals surface area contributed by atoms with Crippen LogP contribution in [0.1, 0.15) is 23.7 Å². The van der Waals surface area contributed by atoms with Crippen LogP contribution in [0.2, 0.25) is 5.15 Å². The van der Waals surface area contributed by atoms with Crippen molar-refractivity contribution in [2.24, 2.45) is 0 Å². The van der Waals surface area contributed by atoms with Crippen LogP contribution in [0.3, 0.4) is 0 Å². The third-order valence-electron chi connectivity index (χ3n) is 2.71. The minimum Gasteiger partial charge on any atom is -0.370 e. The molecule has 0 saturated carbocycles. The number of carbonyl (C=O) groups excluding carboxylic acids is 1. The van der Waals surface area contributed by atoms with E-state index in [2.05, 4.69) is 45.1 Å². The summed E-state index contributed by atoms with van der Waals surface area (Å²) in [4.78, 5) is 16.4. The zero-order valence-corrected chi connectivity index (χ0v) is 14.4. The van der Waals surface area contributed by atoms with E-state index in [1.165, 1.54) is 0 Å². The van der Waals surface area contributed by atoms with Gasteiger partial charge in [-0.25, -0.2) is 4.98 Å². The van der Waals surface area contributed by atoms with Crippen LogP contribution in [0.5, 0.6) is 0 Å². The van der Waals surface area contributed by atoms with Gasteiger partial charge in [-0.1, -0.05) is 18.5 Å². The van der Waals surface area contributed by atoms with Crippen LogP contribution in [0.15, 0.2) is 36.4 Å². The van der Waals surface area contributed by atoms with Crippen molar-refractivity contribution in [3.8, 4) is 0 Å². The van der Waals surface area contributed by atoms with E-state index < -0.39 is 0 Å². The van der Waals surface area contributed by atoms with Gasteiger partial charge in [-0.3, -0.25) is 4.79 Å². The van der Waals surface area contributed by atoms with Gasteiger partial charge in [0.25, 0.3) is 5.91 Å². The second kappa shape index (κ2) is 7.61. The molecule has 1 aromatic carbocycles. The standard InChI is InChI=1S/C15H15ClIN3O/c1-2-7-18-14-9-10(8-13(16)20-14)15(21)19-12-5-3-11(17)4-6-12/h3-6,8-9H,2,7H2,1H3,(H,18,20)(H,19,21). The first-order chi connectivity index (χ1) is 10.1. The Bertz CT molecular complexity index is 631. The van der Waals surface area contributed by atoms with Gasteiger partial charge in [0.1, 0.15) is 11.0 Å². The topological polar surface area (TPSA) is 54.0 Å². The molecule has 0 saturated heterocycles. The number of benzene rings is 1. The van der Waals surface area contributed by atoms with E-state index >= 15 is 0 Å². The van der Waals surface area contributed by atoms with Gasteiger partial charge in [0.2, 0.25) is 0 Å². The van der Waals surface area contributed by atoms with E-state index in [1.54, 1.807) is 12.1 Å². The van der Waals surface area contributed by atoms with E-state index in [0.717, 1.165) is 22.2 Å². The van der Waals surface area contributed by atoms with Gasteiger partial charge in [0.05, 0.1) is 0 Å². The van der Waals surface area contributed by atoms with Crippen LogP contribution < -0.4 is 10.6 Å². The summed E-state index contributed by atoms with van der Waals surface area (Å²) >= 11 is 8.18. The molecule has 0 fully saturated rings. The number of halogens is 2. The first kappa shape index (κ1) is 16.0. The Morgan fingerprint density at radius 3 is 2.67 bits per heavy atom. The number of carbonyl (C=O) groups is 1. The predicted octanol–water partition coefficient (Wildman–Crippen LogP) is 4.41. The summed E-state index contributed by atoms with van der Waals surface area (Å²) < 4.78 is 1.11. The van der Waals surface area contributed by atoms with Crippen LogP contribution in [-0.4, -0.2) is 17.4 Å². The number of nitrogens with one attached hydrogen (secondary N) is 2. The Hall–Kier alpha value is -1.34. The molecule has 2 N–H and O–H groups in total. The van der Waals surface area contributed by atoms with Gasteiger partial charge in [-0.2, -0.15) is 0 Å². The minimum absolute atomic E-state index is 0.208. The van der Waals surface area contributed by atoms with E-state index in [0.29, 0.717) is 16.5 Å². The lowest BCUT2D eigenvalue weighted by atomic mass is 10.2. The summed E-state index contributed by atoms with van der Waals surface area (Å²) in [5.74, 6) is 0.400. The second-order valence-corrected chi connectivity index (χ2v) is 6.08. The van der Waals surface area contributed by atoms with E-state index in [1.807, 2.05) is 24.3 Å². The minimum atomic E-state index is -0.208. The van der Waals surface area contributed by atoms with Crippen molar-refractivity contribution >= 4 is 51.6 Å². The number of anilines is 2.